The number of nitrogens with one attached hydrogen (secondary N) is 1. The van der Waals surface area contributed by atoms with Crippen LogP contribution in [0.3, 0.4) is 0 Å². The van der Waals surface area contributed by atoms with Crippen LogP contribution in [-0.4, -0.2) is 30.9 Å². The SMILES string of the molecule is O=C(CCCSc1ccccc1)NC[C@@H]1CCCO1. The maximum absolute atomic E-state index is 11.6. The third kappa shape index (κ3) is 5.66. The summed E-state index contributed by atoms with van der Waals surface area (Å²) < 4.78 is 5.47. The van der Waals surface area contributed by atoms with Crippen LogP contribution in [0.2, 0.25) is 0 Å². The number of rotatable bonds is 7. The van der Waals surface area contributed by atoms with Gasteiger partial charge in [-0.3, -0.25) is 4.79 Å². The van der Waals surface area contributed by atoms with Gasteiger partial charge in [0.1, 0.15) is 0 Å². The molecule has 1 aliphatic rings. The van der Waals surface area contributed by atoms with Crippen LogP contribution in [0.25, 0.3) is 0 Å². The lowest BCUT2D eigenvalue weighted by Gasteiger charge is -2.10. The number of hydrogen-bond donors (Lipinski definition) is 1. The van der Waals surface area contributed by atoms with E-state index in [4.69, 9.17) is 4.74 Å². The summed E-state index contributed by atoms with van der Waals surface area (Å²) in [6.45, 7) is 1.51. The molecule has 104 valence electrons. The summed E-state index contributed by atoms with van der Waals surface area (Å²) in [5.74, 6) is 1.13. The van der Waals surface area contributed by atoms with Crippen molar-refractivity contribution >= 4 is 17.7 Å². The fourth-order valence-electron chi connectivity index (χ4n) is 2.06. The summed E-state index contributed by atoms with van der Waals surface area (Å²) in [5, 5.41) is 2.95. The van der Waals surface area contributed by atoms with Gasteiger partial charge in [0, 0.05) is 24.5 Å². The highest BCUT2D eigenvalue weighted by Crippen LogP contribution is 2.18. The van der Waals surface area contributed by atoms with Crippen molar-refractivity contribution in [2.45, 2.75) is 36.7 Å². The van der Waals surface area contributed by atoms with Gasteiger partial charge in [-0.2, -0.15) is 0 Å². The number of hydrogen-bond acceptors (Lipinski definition) is 3. The van der Waals surface area contributed by atoms with Gasteiger partial charge < -0.3 is 10.1 Å². The molecule has 4 heteroatoms. The van der Waals surface area contributed by atoms with E-state index in [9.17, 15) is 4.79 Å². The van der Waals surface area contributed by atoms with Crippen molar-refractivity contribution in [3.05, 3.63) is 30.3 Å². The molecule has 0 saturated carbocycles. The maximum Gasteiger partial charge on any atom is 0.220 e. The molecule has 1 amide bonds. The van der Waals surface area contributed by atoms with E-state index in [1.807, 2.05) is 18.2 Å². The van der Waals surface area contributed by atoms with E-state index >= 15 is 0 Å². The topological polar surface area (TPSA) is 38.3 Å². The zero-order chi connectivity index (χ0) is 13.3. The first-order valence-corrected chi connectivity index (χ1v) is 7.89. The Morgan fingerprint density at radius 3 is 2.95 bits per heavy atom. The Hall–Kier alpha value is -1.00. The molecule has 3 nitrogen and oxygen atoms in total. The Balaban J connectivity index is 1.51. The van der Waals surface area contributed by atoms with Gasteiger partial charge in [-0.15, -0.1) is 11.8 Å². The molecule has 19 heavy (non-hydrogen) atoms. The Labute approximate surface area is 119 Å². The van der Waals surface area contributed by atoms with Crippen LogP contribution in [0.15, 0.2) is 35.2 Å². The zero-order valence-corrected chi connectivity index (χ0v) is 12.0. The van der Waals surface area contributed by atoms with Crippen LogP contribution in [0, 0.1) is 0 Å². The van der Waals surface area contributed by atoms with E-state index in [1.54, 1.807) is 11.8 Å². The highest BCUT2D eigenvalue weighted by molar-refractivity contribution is 7.99. The molecule has 0 aliphatic carbocycles. The van der Waals surface area contributed by atoms with E-state index in [0.717, 1.165) is 31.6 Å². The third-order valence-electron chi connectivity index (χ3n) is 3.11. The van der Waals surface area contributed by atoms with E-state index in [1.165, 1.54) is 4.90 Å². The second-order valence-electron chi connectivity index (χ2n) is 4.70. The van der Waals surface area contributed by atoms with Gasteiger partial charge in [0.25, 0.3) is 0 Å². The van der Waals surface area contributed by atoms with Crippen LogP contribution in [0.1, 0.15) is 25.7 Å². The van der Waals surface area contributed by atoms with E-state index in [-0.39, 0.29) is 12.0 Å². The van der Waals surface area contributed by atoms with E-state index in [2.05, 4.69) is 17.4 Å². The van der Waals surface area contributed by atoms with Gasteiger partial charge in [-0.25, -0.2) is 0 Å². The van der Waals surface area contributed by atoms with Crippen LogP contribution in [-0.2, 0) is 9.53 Å². The molecule has 2 rings (SSSR count). The predicted octanol–water partition coefficient (Wildman–Crippen LogP) is 2.85. The van der Waals surface area contributed by atoms with Crippen LogP contribution in [0.5, 0.6) is 0 Å². The number of carbonyl (C=O) groups is 1. The lowest BCUT2D eigenvalue weighted by atomic mass is 10.2. The minimum absolute atomic E-state index is 0.143. The molecule has 0 aromatic heterocycles. The zero-order valence-electron chi connectivity index (χ0n) is 11.1. The van der Waals surface area contributed by atoms with Crippen molar-refractivity contribution in [2.75, 3.05) is 18.9 Å². The van der Waals surface area contributed by atoms with Gasteiger partial charge in [-0.1, -0.05) is 18.2 Å². The molecule has 1 aromatic carbocycles. The van der Waals surface area contributed by atoms with Crippen molar-refractivity contribution in [1.82, 2.24) is 5.32 Å². The molecule has 1 heterocycles. The number of ether oxygens (including phenoxy) is 1. The number of benzene rings is 1. The predicted molar refractivity (Wildman–Crippen MR) is 78.4 cm³/mol. The fourth-order valence-corrected chi connectivity index (χ4v) is 2.93. The summed E-state index contributed by atoms with van der Waals surface area (Å²) in [7, 11) is 0. The summed E-state index contributed by atoms with van der Waals surface area (Å²) in [6.07, 6.45) is 3.95. The molecular weight excluding hydrogens is 258 g/mol. The molecule has 0 spiro atoms. The lowest BCUT2D eigenvalue weighted by Crippen LogP contribution is -2.31. The second-order valence-corrected chi connectivity index (χ2v) is 5.87. The Morgan fingerprint density at radius 1 is 1.37 bits per heavy atom. The molecule has 1 fully saturated rings. The highest BCUT2D eigenvalue weighted by atomic mass is 32.2. The minimum Gasteiger partial charge on any atom is -0.376 e. The van der Waals surface area contributed by atoms with Crippen molar-refractivity contribution in [3.8, 4) is 0 Å². The molecule has 0 radical (unpaired) electrons. The summed E-state index contributed by atoms with van der Waals surface area (Å²) in [4.78, 5) is 12.9. The van der Waals surface area contributed by atoms with Crippen LogP contribution >= 0.6 is 11.8 Å². The first-order valence-electron chi connectivity index (χ1n) is 6.91. The van der Waals surface area contributed by atoms with Gasteiger partial charge in [-0.05, 0) is 37.1 Å². The number of amides is 1. The van der Waals surface area contributed by atoms with Crippen molar-refractivity contribution < 1.29 is 9.53 Å². The first kappa shape index (κ1) is 14.4. The van der Waals surface area contributed by atoms with Gasteiger partial charge in [0.05, 0.1) is 6.10 Å². The quantitative estimate of drug-likeness (QED) is 0.616. The maximum atomic E-state index is 11.6. The average molecular weight is 279 g/mol. The van der Waals surface area contributed by atoms with E-state index < -0.39 is 0 Å². The molecular formula is C15H21NO2S. The molecule has 1 N–H and O–H groups in total. The Morgan fingerprint density at radius 2 is 2.21 bits per heavy atom. The largest absolute Gasteiger partial charge is 0.376 e. The highest BCUT2D eigenvalue weighted by Gasteiger charge is 2.15. The van der Waals surface area contributed by atoms with Crippen molar-refractivity contribution in [3.63, 3.8) is 0 Å². The molecule has 1 atom stereocenters. The molecule has 1 aromatic rings. The van der Waals surface area contributed by atoms with Crippen molar-refractivity contribution in [1.29, 1.82) is 0 Å². The first-order chi connectivity index (χ1) is 9.34. The number of carbonyl (C=O) groups excluding carboxylic acids is 1. The Kier molecular flexibility index (Phi) is 6.24. The average Bonchev–Trinajstić information content (AvgIpc) is 2.96. The monoisotopic (exact) mass is 279 g/mol. The molecule has 0 bridgehead atoms. The smallest absolute Gasteiger partial charge is 0.220 e. The van der Waals surface area contributed by atoms with Gasteiger partial charge in [0.2, 0.25) is 5.91 Å². The summed E-state index contributed by atoms with van der Waals surface area (Å²) >= 11 is 1.80. The molecule has 0 unspecified atom stereocenters. The lowest BCUT2D eigenvalue weighted by molar-refractivity contribution is -0.121. The third-order valence-corrected chi connectivity index (χ3v) is 4.21. The molecule has 1 saturated heterocycles. The van der Waals surface area contributed by atoms with Gasteiger partial charge >= 0.3 is 0 Å². The van der Waals surface area contributed by atoms with E-state index in [0.29, 0.717) is 13.0 Å². The minimum atomic E-state index is 0.143. The summed E-state index contributed by atoms with van der Waals surface area (Å²) in [6, 6.07) is 10.3. The standard InChI is InChI=1S/C15H21NO2S/c17-15(16-12-13-6-4-10-18-13)9-5-11-19-14-7-2-1-3-8-14/h1-3,7-8,13H,4-6,9-12H2,(H,16,17)/t13-/m0/s1. The van der Waals surface area contributed by atoms with Crippen LogP contribution in [0.4, 0.5) is 0 Å². The number of thioether (sulfide) groups is 1. The summed E-state index contributed by atoms with van der Waals surface area (Å²) in [5.41, 5.74) is 0. The normalized spacial score (nSPS) is 18.4. The van der Waals surface area contributed by atoms with Crippen molar-refractivity contribution in [2.24, 2.45) is 0 Å². The van der Waals surface area contributed by atoms with Crippen LogP contribution < -0.4 is 5.32 Å². The molecule has 1 aliphatic heterocycles. The second kappa shape index (κ2) is 8.23. The Bertz CT molecular complexity index is 377. The fraction of sp³-hybridized carbons (Fsp3) is 0.533. The van der Waals surface area contributed by atoms with Gasteiger partial charge in [0.15, 0.2) is 0 Å².